The first-order valence-corrected chi connectivity index (χ1v) is 11.3. The molecule has 1 aliphatic rings. The van der Waals surface area contributed by atoms with E-state index >= 15 is 0 Å². The zero-order valence-corrected chi connectivity index (χ0v) is 19.0. The molecule has 0 unspecified atom stereocenters. The number of nitrogens with zero attached hydrogens (tertiary/aromatic N) is 4. The second kappa shape index (κ2) is 8.96. The summed E-state index contributed by atoms with van der Waals surface area (Å²) in [6.45, 7) is 2.59. The molecule has 4 aromatic rings. The number of imidazole rings is 1. The third kappa shape index (κ3) is 4.29. The molecule has 32 heavy (non-hydrogen) atoms. The lowest BCUT2D eigenvalue weighted by Crippen LogP contribution is -2.35. The number of halogens is 1. The summed E-state index contributed by atoms with van der Waals surface area (Å²) in [5, 5.41) is 0. The lowest BCUT2D eigenvalue weighted by Gasteiger charge is -2.24. The van der Waals surface area contributed by atoms with Crippen LogP contribution in [0.15, 0.2) is 84.0 Å². The highest BCUT2D eigenvalue weighted by molar-refractivity contribution is 9.10. The van der Waals surface area contributed by atoms with Crippen LogP contribution in [0.2, 0.25) is 0 Å². The number of hydrogen-bond donors (Lipinski definition) is 1. The van der Waals surface area contributed by atoms with E-state index in [-0.39, 0.29) is 5.91 Å². The number of fused-ring (bicyclic) bond motifs is 1. The van der Waals surface area contributed by atoms with Crippen LogP contribution in [0.25, 0.3) is 11.1 Å². The number of H-pyrrole nitrogens is 1. The summed E-state index contributed by atoms with van der Waals surface area (Å²) in [4.78, 5) is 29.1. The highest BCUT2D eigenvalue weighted by atomic mass is 79.9. The molecule has 1 N–H and O–H groups in total. The van der Waals surface area contributed by atoms with Gasteiger partial charge in [-0.3, -0.25) is 9.78 Å². The van der Waals surface area contributed by atoms with Crippen LogP contribution in [0.4, 0.5) is 5.69 Å². The minimum absolute atomic E-state index is 0.0155. The summed E-state index contributed by atoms with van der Waals surface area (Å²) < 4.78 is 0.797. The van der Waals surface area contributed by atoms with E-state index < -0.39 is 0 Å². The molecule has 5 rings (SSSR count). The predicted molar refractivity (Wildman–Crippen MR) is 128 cm³/mol. The monoisotopic (exact) mass is 487 g/mol. The lowest BCUT2D eigenvalue weighted by molar-refractivity contribution is 0.0751. The van der Waals surface area contributed by atoms with E-state index in [1.807, 2.05) is 35.4 Å². The minimum atomic E-state index is -0.0155. The van der Waals surface area contributed by atoms with Crippen molar-refractivity contribution < 1.29 is 4.79 Å². The van der Waals surface area contributed by atoms with Gasteiger partial charge >= 0.3 is 0 Å². The molecule has 1 aliphatic heterocycles. The smallest absolute Gasteiger partial charge is 0.255 e. The van der Waals surface area contributed by atoms with Crippen molar-refractivity contribution in [3.63, 3.8) is 0 Å². The molecule has 2 aromatic carbocycles. The second-order valence-electron chi connectivity index (χ2n) is 7.83. The lowest BCUT2D eigenvalue weighted by atomic mass is 10.0. The van der Waals surface area contributed by atoms with Gasteiger partial charge in [0.25, 0.3) is 5.91 Å². The van der Waals surface area contributed by atoms with Crippen LogP contribution in [0.5, 0.6) is 0 Å². The maximum atomic E-state index is 13.3. The number of rotatable bonds is 4. The zero-order valence-electron chi connectivity index (χ0n) is 17.4. The van der Waals surface area contributed by atoms with Crippen molar-refractivity contribution in [1.82, 2.24) is 19.9 Å². The number of carbonyl (C=O) groups excluding carboxylic acids is 1. The van der Waals surface area contributed by atoms with Gasteiger partial charge in [-0.2, -0.15) is 0 Å². The molecule has 1 amide bonds. The average Bonchev–Trinajstić information content (AvgIpc) is 3.27. The van der Waals surface area contributed by atoms with Gasteiger partial charge in [-0.05, 0) is 50.8 Å². The Balaban J connectivity index is 1.51. The zero-order chi connectivity index (χ0) is 21.9. The second-order valence-corrected chi connectivity index (χ2v) is 8.74. The Hall–Kier alpha value is -3.45. The fourth-order valence-corrected chi connectivity index (χ4v) is 4.47. The Morgan fingerprint density at radius 3 is 2.62 bits per heavy atom. The normalized spacial score (nSPS) is 13.5. The predicted octanol–water partition coefficient (Wildman–Crippen LogP) is 4.90. The van der Waals surface area contributed by atoms with Crippen LogP contribution in [-0.2, 0) is 13.1 Å². The van der Waals surface area contributed by atoms with Gasteiger partial charge in [0, 0.05) is 48.4 Å². The van der Waals surface area contributed by atoms with Crippen molar-refractivity contribution >= 4 is 27.5 Å². The topological polar surface area (TPSA) is 65.1 Å². The number of benzene rings is 2. The molecule has 0 aliphatic carbocycles. The number of nitrogens with one attached hydrogen (secondary N) is 1. The van der Waals surface area contributed by atoms with Gasteiger partial charge in [0.05, 0.1) is 24.1 Å². The van der Waals surface area contributed by atoms with Crippen molar-refractivity contribution in [2.24, 2.45) is 0 Å². The van der Waals surface area contributed by atoms with E-state index in [2.05, 4.69) is 66.1 Å². The van der Waals surface area contributed by atoms with Crippen molar-refractivity contribution in [1.29, 1.82) is 0 Å². The maximum Gasteiger partial charge on any atom is 0.255 e. The van der Waals surface area contributed by atoms with Gasteiger partial charge in [-0.1, -0.05) is 36.4 Å². The van der Waals surface area contributed by atoms with Crippen molar-refractivity contribution in [3.8, 4) is 11.1 Å². The first-order chi connectivity index (χ1) is 15.7. The van der Waals surface area contributed by atoms with Crippen molar-refractivity contribution in [3.05, 3.63) is 101 Å². The van der Waals surface area contributed by atoms with Gasteiger partial charge in [-0.15, -0.1) is 0 Å². The summed E-state index contributed by atoms with van der Waals surface area (Å²) >= 11 is 3.42. The molecule has 6 nitrogen and oxygen atoms in total. The number of amides is 1. The van der Waals surface area contributed by atoms with Gasteiger partial charge in [-0.25, -0.2) is 4.98 Å². The Morgan fingerprint density at radius 1 is 0.969 bits per heavy atom. The standard InChI is InChI=1S/C25H22BrN5O/c26-22-11-20(12-27-13-22)25(32)31-9-8-30(16-23-14-28-17-29-23)24-7-6-19(10-21(24)15-31)18-4-2-1-3-5-18/h1-7,10-14,17H,8-9,15-16H2,(H,28,29). The molecular formula is C25H22BrN5O. The van der Waals surface area contributed by atoms with Crippen LogP contribution in [-0.4, -0.2) is 38.8 Å². The molecule has 2 aromatic heterocycles. The van der Waals surface area contributed by atoms with Gasteiger partial charge in [0.1, 0.15) is 0 Å². The Kier molecular flexibility index (Phi) is 5.73. The van der Waals surface area contributed by atoms with Crippen LogP contribution >= 0.6 is 15.9 Å². The number of aromatic amines is 1. The van der Waals surface area contributed by atoms with Crippen LogP contribution in [0, 0.1) is 0 Å². The highest BCUT2D eigenvalue weighted by Crippen LogP contribution is 2.31. The first-order valence-electron chi connectivity index (χ1n) is 10.5. The SMILES string of the molecule is O=C(c1cncc(Br)c1)N1CCN(Cc2cnc[nH]2)c2ccc(-c3ccccc3)cc2C1. The Bertz CT molecular complexity index is 1230. The van der Waals surface area contributed by atoms with Crippen LogP contribution < -0.4 is 4.90 Å². The van der Waals surface area contributed by atoms with Gasteiger partial charge < -0.3 is 14.8 Å². The summed E-state index contributed by atoms with van der Waals surface area (Å²) in [5.41, 5.74) is 6.20. The highest BCUT2D eigenvalue weighted by Gasteiger charge is 2.25. The molecule has 0 bridgehead atoms. The fraction of sp³-hybridized carbons (Fsp3) is 0.160. The van der Waals surface area contributed by atoms with Gasteiger partial charge in [0.2, 0.25) is 0 Å². The largest absolute Gasteiger partial charge is 0.364 e. The third-order valence-electron chi connectivity index (χ3n) is 5.68. The fourth-order valence-electron chi connectivity index (χ4n) is 4.10. The first kappa shape index (κ1) is 20.5. The summed E-state index contributed by atoms with van der Waals surface area (Å²) in [6.07, 6.45) is 6.86. The molecule has 0 saturated carbocycles. The number of anilines is 1. The van der Waals surface area contributed by atoms with Crippen molar-refractivity contribution in [2.45, 2.75) is 13.1 Å². The third-order valence-corrected chi connectivity index (χ3v) is 6.12. The van der Waals surface area contributed by atoms with Crippen LogP contribution in [0.1, 0.15) is 21.6 Å². The van der Waals surface area contributed by atoms with E-state index in [1.54, 1.807) is 18.7 Å². The number of hydrogen-bond acceptors (Lipinski definition) is 4. The summed E-state index contributed by atoms with van der Waals surface area (Å²) in [5.74, 6) is -0.0155. The molecule has 0 atom stereocenters. The maximum absolute atomic E-state index is 13.3. The van der Waals surface area contributed by atoms with Crippen molar-refractivity contribution in [2.75, 3.05) is 18.0 Å². The quantitative estimate of drug-likeness (QED) is 0.444. The van der Waals surface area contributed by atoms with Crippen LogP contribution in [0.3, 0.4) is 0 Å². The Morgan fingerprint density at radius 2 is 1.84 bits per heavy atom. The van der Waals surface area contributed by atoms with Gasteiger partial charge in [0.15, 0.2) is 0 Å². The summed E-state index contributed by atoms with van der Waals surface area (Å²) in [7, 11) is 0. The molecular weight excluding hydrogens is 466 g/mol. The van der Waals surface area contributed by atoms with E-state index in [9.17, 15) is 4.79 Å². The molecule has 160 valence electrons. The van der Waals surface area contributed by atoms with E-state index in [1.165, 1.54) is 0 Å². The van der Waals surface area contributed by atoms with E-state index in [4.69, 9.17) is 0 Å². The summed E-state index contributed by atoms with van der Waals surface area (Å²) in [6, 6.07) is 18.7. The molecule has 0 radical (unpaired) electrons. The molecule has 0 fully saturated rings. The molecule has 7 heteroatoms. The molecule has 0 spiro atoms. The minimum Gasteiger partial charge on any atom is -0.364 e. The average molecular weight is 488 g/mol. The Labute approximate surface area is 195 Å². The van der Waals surface area contributed by atoms with E-state index in [0.29, 0.717) is 25.2 Å². The molecule has 3 heterocycles. The number of aromatic nitrogens is 3. The molecule has 0 saturated heterocycles. The number of carbonyl (C=O) groups is 1. The number of pyridine rings is 1. The van der Waals surface area contributed by atoms with E-state index in [0.717, 1.165) is 39.1 Å².